The van der Waals surface area contributed by atoms with Crippen LogP contribution in [-0.2, 0) is 14.4 Å². The van der Waals surface area contributed by atoms with Gasteiger partial charge in [0.05, 0.1) is 19.6 Å². The van der Waals surface area contributed by atoms with E-state index in [-0.39, 0.29) is 37.4 Å². The Bertz CT molecular complexity index is 991. The highest BCUT2D eigenvalue weighted by Gasteiger charge is 2.18. The molecule has 3 rings (SSSR count). The number of hydrogen-bond acceptors (Lipinski definition) is 4. The lowest BCUT2D eigenvalue weighted by atomic mass is 10.3. The first-order chi connectivity index (χ1) is 16.3. The molecule has 0 aromatic heterocycles. The van der Waals surface area contributed by atoms with Crippen LogP contribution in [0.2, 0.25) is 0 Å². The number of carbonyl (C=O) groups excluding carboxylic acids is 3. The first-order valence-corrected chi connectivity index (χ1v) is 12.5. The third kappa shape index (κ3) is 9.02. The summed E-state index contributed by atoms with van der Waals surface area (Å²) in [5, 5.41) is 8.35. The third-order valence-electron chi connectivity index (χ3n) is 4.49. The third-order valence-corrected chi connectivity index (χ3v) is 6.07. The number of anilines is 3. The molecular weight excluding hydrogens is 632 g/mol. The summed E-state index contributed by atoms with van der Waals surface area (Å²) in [5.74, 6) is -1.01. The van der Waals surface area contributed by atoms with E-state index in [1.165, 1.54) is 4.90 Å². The van der Waals surface area contributed by atoms with Crippen molar-refractivity contribution in [1.82, 2.24) is 4.90 Å². The van der Waals surface area contributed by atoms with Crippen molar-refractivity contribution in [2.75, 3.05) is 35.6 Å². The first kappa shape index (κ1) is 26.1. The van der Waals surface area contributed by atoms with Gasteiger partial charge in [-0.15, -0.1) is 0 Å². The van der Waals surface area contributed by atoms with Gasteiger partial charge in [-0.05, 0) is 72.8 Å². The molecule has 0 radical (unpaired) electrons. The van der Waals surface area contributed by atoms with Gasteiger partial charge in [0.2, 0.25) is 17.7 Å². The summed E-state index contributed by atoms with van der Waals surface area (Å²) in [5.41, 5.74) is 1.85. The number of carbonyl (C=O) groups is 3. The summed E-state index contributed by atoms with van der Waals surface area (Å²) in [6, 6.07) is 21.4. The molecule has 0 bridgehead atoms. The second kappa shape index (κ2) is 12.8. The topological polar surface area (TPSA) is 90.5 Å². The maximum absolute atomic E-state index is 12.6. The summed E-state index contributed by atoms with van der Waals surface area (Å²) in [4.78, 5) is 39.4. The van der Waals surface area contributed by atoms with Crippen LogP contribution in [0.4, 0.5) is 17.1 Å². The Morgan fingerprint density at radius 3 is 0.971 bits per heavy atom. The molecule has 3 aromatic carbocycles. The fourth-order valence-electron chi connectivity index (χ4n) is 2.98. The van der Waals surface area contributed by atoms with Gasteiger partial charge in [0, 0.05) is 30.5 Å². The molecule has 0 saturated carbocycles. The highest BCUT2D eigenvalue weighted by molar-refractivity contribution is 9.11. The van der Waals surface area contributed by atoms with Gasteiger partial charge in [0.25, 0.3) is 0 Å². The largest absolute Gasteiger partial charge is 0.325 e. The van der Waals surface area contributed by atoms with Crippen LogP contribution in [0, 0.1) is 0 Å². The minimum atomic E-state index is -0.338. The lowest BCUT2D eigenvalue weighted by Crippen LogP contribution is -2.43. The zero-order valence-electron chi connectivity index (χ0n) is 17.9. The molecule has 0 heterocycles. The van der Waals surface area contributed by atoms with Gasteiger partial charge in [-0.3, -0.25) is 19.3 Å². The van der Waals surface area contributed by atoms with Crippen LogP contribution in [0.5, 0.6) is 0 Å². The van der Waals surface area contributed by atoms with Gasteiger partial charge in [-0.2, -0.15) is 0 Å². The Morgan fingerprint density at radius 2 is 0.735 bits per heavy atom. The Balaban J connectivity index is 1.64. The maximum atomic E-state index is 12.6. The molecule has 3 N–H and O–H groups in total. The number of nitrogens with one attached hydrogen (secondary N) is 3. The van der Waals surface area contributed by atoms with Crippen molar-refractivity contribution in [2.24, 2.45) is 0 Å². The molecule has 34 heavy (non-hydrogen) atoms. The predicted molar refractivity (Wildman–Crippen MR) is 145 cm³/mol. The molecule has 0 unspecified atom stereocenters. The molecular formula is C24H21Br3N4O3. The molecule has 0 aliphatic carbocycles. The van der Waals surface area contributed by atoms with Gasteiger partial charge in [0.15, 0.2) is 0 Å². The molecule has 0 aliphatic heterocycles. The molecule has 3 aromatic rings. The van der Waals surface area contributed by atoms with E-state index in [4.69, 9.17) is 0 Å². The van der Waals surface area contributed by atoms with Crippen LogP contribution in [0.1, 0.15) is 0 Å². The normalized spacial score (nSPS) is 10.6. The highest BCUT2D eigenvalue weighted by Crippen LogP contribution is 2.16. The van der Waals surface area contributed by atoms with E-state index >= 15 is 0 Å². The van der Waals surface area contributed by atoms with Gasteiger partial charge in [-0.1, -0.05) is 47.8 Å². The van der Waals surface area contributed by atoms with Crippen LogP contribution in [-0.4, -0.2) is 42.3 Å². The van der Waals surface area contributed by atoms with Crippen LogP contribution in [0.3, 0.4) is 0 Å². The Morgan fingerprint density at radius 1 is 0.500 bits per heavy atom. The first-order valence-electron chi connectivity index (χ1n) is 10.2. The summed E-state index contributed by atoms with van der Waals surface area (Å²) < 4.78 is 2.67. The molecule has 0 atom stereocenters. The number of nitrogens with zero attached hydrogens (tertiary/aromatic N) is 1. The van der Waals surface area contributed by atoms with Crippen molar-refractivity contribution < 1.29 is 14.4 Å². The van der Waals surface area contributed by atoms with E-state index in [0.717, 1.165) is 13.4 Å². The molecule has 0 fully saturated rings. The van der Waals surface area contributed by atoms with Gasteiger partial charge < -0.3 is 16.0 Å². The van der Waals surface area contributed by atoms with Gasteiger partial charge in [0.1, 0.15) is 0 Å². The SMILES string of the molecule is O=C(CN(CC(=O)Nc1ccc(Br)cc1)CC(=O)Nc1ccc(Br)cc1)Nc1ccc(Br)cc1. The molecule has 0 saturated heterocycles. The lowest BCUT2D eigenvalue weighted by Gasteiger charge is -2.21. The lowest BCUT2D eigenvalue weighted by molar-refractivity contribution is -0.122. The Labute approximate surface area is 222 Å². The molecule has 0 aliphatic rings. The van der Waals surface area contributed by atoms with Gasteiger partial charge >= 0.3 is 0 Å². The van der Waals surface area contributed by atoms with E-state index in [0.29, 0.717) is 17.1 Å². The molecule has 10 heteroatoms. The Kier molecular flexibility index (Phi) is 9.82. The molecule has 176 valence electrons. The van der Waals surface area contributed by atoms with Crippen molar-refractivity contribution in [3.8, 4) is 0 Å². The van der Waals surface area contributed by atoms with Crippen molar-refractivity contribution in [3.05, 3.63) is 86.2 Å². The minimum absolute atomic E-state index is 0.141. The minimum Gasteiger partial charge on any atom is -0.325 e. The van der Waals surface area contributed by atoms with Crippen molar-refractivity contribution in [2.45, 2.75) is 0 Å². The van der Waals surface area contributed by atoms with E-state index in [1.807, 2.05) is 36.4 Å². The summed E-state index contributed by atoms with van der Waals surface area (Å²) in [6.07, 6.45) is 0. The van der Waals surface area contributed by atoms with E-state index in [1.54, 1.807) is 36.4 Å². The van der Waals surface area contributed by atoms with Crippen LogP contribution >= 0.6 is 47.8 Å². The quantitative estimate of drug-likeness (QED) is 0.285. The fraction of sp³-hybridized carbons (Fsp3) is 0.125. The monoisotopic (exact) mass is 650 g/mol. The van der Waals surface area contributed by atoms with Crippen molar-refractivity contribution >= 4 is 82.6 Å². The van der Waals surface area contributed by atoms with E-state index in [2.05, 4.69) is 63.7 Å². The Hall–Kier alpha value is -2.53. The van der Waals surface area contributed by atoms with Gasteiger partial charge in [-0.25, -0.2) is 0 Å². The zero-order valence-corrected chi connectivity index (χ0v) is 22.6. The average Bonchev–Trinajstić information content (AvgIpc) is 2.78. The van der Waals surface area contributed by atoms with E-state index < -0.39 is 0 Å². The summed E-state index contributed by atoms with van der Waals surface area (Å²) in [7, 11) is 0. The molecule has 0 spiro atoms. The summed E-state index contributed by atoms with van der Waals surface area (Å²) in [6.45, 7) is -0.424. The molecule has 3 amide bonds. The number of halogens is 3. The maximum Gasteiger partial charge on any atom is 0.238 e. The fourth-order valence-corrected chi connectivity index (χ4v) is 3.77. The zero-order chi connectivity index (χ0) is 24.5. The van der Waals surface area contributed by atoms with E-state index in [9.17, 15) is 14.4 Å². The molecule has 7 nitrogen and oxygen atoms in total. The highest BCUT2D eigenvalue weighted by atomic mass is 79.9. The van der Waals surface area contributed by atoms with Crippen molar-refractivity contribution in [1.29, 1.82) is 0 Å². The second-order valence-electron chi connectivity index (χ2n) is 7.31. The smallest absolute Gasteiger partial charge is 0.238 e. The van der Waals surface area contributed by atoms with Crippen LogP contribution in [0.15, 0.2) is 86.2 Å². The average molecular weight is 653 g/mol. The van der Waals surface area contributed by atoms with Crippen LogP contribution < -0.4 is 16.0 Å². The number of benzene rings is 3. The number of hydrogen-bond donors (Lipinski definition) is 3. The predicted octanol–water partition coefficient (Wildman–Crippen LogP) is 5.49. The standard InChI is InChI=1S/C24H21Br3N4O3/c25-16-1-7-19(8-2-16)28-22(32)13-31(14-23(33)29-20-9-3-17(26)4-10-20)15-24(34)30-21-11-5-18(27)6-12-21/h1-12H,13-15H2,(H,28,32)(H,29,33)(H,30,34). The number of amides is 3. The number of rotatable bonds is 9. The van der Waals surface area contributed by atoms with Crippen LogP contribution in [0.25, 0.3) is 0 Å². The van der Waals surface area contributed by atoms with Crippen molar-refractivity contribution in [3.63, 3.8) is 0 Å². The second-order valence-corrected chi connectivity index (χ2v) is 10.1. The summed E-state index contributed by atoms with van der Waals surface area (Å²) >= 11 is 10.1.